The van der Waals surface area contributed by atoms with E-state index in [0.29, 0.717) is 23.0 Å². The summed E-state index contributed by atoms with van der Waals surface area (Å²) in [6.07, 6.45) is 0. The molecule has 0 radical (unpaired) electrons. The maximum atomic E-state index is 13.2. The average molecular weight is 437 g/mol. The van der Waals surface area contributed by atoms with Gasteiger partial charge in [-0.15, -0.1) is 11.3 Å². The second kappa shape index (κ2) is 9.06. The number of amides is 1. The van der Waals surface area contributed by atoms with E-state index in [1.807, 2.05) is 35.2 Å². The third-order valence-corrected chi connectivity index (χ3v) is 7.47. The number of ether oxygens (including phenoxy) is 1. The van der Waals surface area contributed by atoms with Crippen molar-refractivity contribution in [2.45, 2.75) is 19.9 Å². The van der Waals surface area contributed by atoms with Gasteiger partial charge in [-0.25, -0.2) is 13.2 Å². The van der Waals surface area contributed by atoms with Crippen molar-refractivity contribution in [2.24, 2.45) is 0 Å². The molecule has 1 unspecified atom stereocenters. The summed E-state index contributed by atoms with van der Waals surface area (Å²) in [6, 6.07) is 10.4. The number of esters is 1. The van der Waals surface area contributed by atoms with Gasteiger partial charge in [0, 0.05) is 13.1 Å². The zero-order valence-corrected chi connectivity index (χ0v) is 18.0. The van der Waals surface area contributed by atoms with Crippen molar-refractivity contribution in [2.75, 3.05) is 36.5 Å². The molecule has 1 aliphatic rings. The molecular weight excluding hydrogens is 412 g/mol. The fourth-order valence-corrected chi connectivity index (χ4v) is 5.48. The van der Waals surface area contributed by atoms with Gasteiger partial charge in [0.2, 0.25) is 5.91 Å². The second-order valence-electron chi connectivity index (χ2n) is 6.83. The SMILES string of the molecule is CCOC(=O)c1sc(NC(=O)C(c2ccccc2)N2CCS(=O)(=O)CC2)cc1C. The molecule has 156 valence electrons. The molecule has 1 fully saturated rings. The standard InChI is InChI=1S/C20H24N2O5S2/c1-3-27-20(24)18-14(2)13-16(28-18)21-19(23)17(15-7-5-4-6-8-15)22-9-11-29(25,26)12-10-22/h4-8,13,17H,3,9-12H2,1-2H3,(H,21,23). The Bertz CT molecular complexity index is 972. The predicted molar refractivity (Wildman–Crippen MR) is 113 cm³/mol. The maximum Gasteiger partial charge on any atom is 0.348 e. The number of carbonyl (C=O) groups is 2. The lowest BCUT2D eigenvalue weighted by atomic mass is 10.0. The third kappa shape index (κ3) is 5.23. The summed E-state index contributed by atoms with van der Waals surface area (Å²) in [5.74, 6) is -0.591. The fraction of sp³-hybridized carbons (Fsp3) is 0.400. The highest BCUT2D eigenvalue weighted by Crippen LogP contribution is 2.30. The molecule has 1 aromatic carbocycles. The van der Waals surface area contributed by atoms with Crippen LogP contribution in [-0.4, -0.2) is 56.4 Å². The molecule has 1 aliphatic heterocycles. The number of rotatable bonds is 6. The van der Waals surface area contributed by atoms with E-state index in [4.69, 9.17) is 4.74 Å². The van der Waals surface area contributed by atoms with Gasteiger partial charge < -0.3 is 10.1 Å². The third-order valence-electron chi connectivity index (χ3n) is 4.73. The number of nitrogens with one attached hydrogen (secondary N) is 1. The van der Waals surface area contributed by atoms with Crippen LogP contribution in [0.15, 0.2) is 36.4 Å². The molecule has 1 aromatic heterocycles. The summed E-state index contributed by atoms with van der Waals surface area (Å²) in [5.41, 5.74) is 1.53. The van der Waals surface area contributed by atoms with Crippen molar-refractivity contribution in [1.29, 1.82) is 0 Å². The minimum absolute atomic E-state index is 0.0364. The van der Waals surface area contributed by atoms with E-state index in [1.54, 1.807) is 19.9 Å². The molecule has 1 amide bonds. The van der Waals surface area contributed by atoms with Gasteiger partial charge in [-0.1, -0.05) is 30.3 Å². The first kappa shape index (κ1) is 21.5. The fourth-order valence-electron chi connectivity index (χ4n) is 3.28. The van der Waals surface area contributed by atoms with E-state index in [-0.39, 0.29) is 24.0 Å². The Hall–Kier alpha value is -2.23. The minimum atomic E-state index is -3.06. The first-order valence-corrected chi connectivity index (χ1v) is 12.0. The van der Waals surface area contributed by atoms with Gasteiger partial charge in [-0.3, -0.25) is 9.69 Å². The van der Waals surface area contributed by atoms with E-state index in [0.717, 1.165) is 11.1 Å². The first-order valence-electron chi connectivity index (χ1n) is 9.38. The lowest BCUT2D eigenvalue weighted by molar-refractivity contribution is -0.121. The number of thiophene rings is 1. The van der Waals surface area contributed by atoms with Gasteiger partial charge in [0.25, 0.3) is 0 Å². The Kier molecular flexibility index (Phi) is 6.71. The lowest BCUT2D eigenvalue weighted by Crippen LogP contribution is -2.46. The molecule has 0 bridgehead atoms. The second-order valence-corrected chi connectivity index (χ2v) is 10.2. The van der Waals surface area contributed by atoms with Crippen molar-refractivity contribution in [3.8, 4) is 0 Å². The maximum absolute atomic E-state index is 13.2. The average Bonchev–Trinajstić information content (AvgIpc) is 3.04. The van der Waals surface area contributed by atoms with Crippen LogP contribution < -0.4 is 5.32 Å². The van der Waals surface area contributed by atoms with Crippen LogP contribution in [0.2, 0.25) is 0 Å². The van der Waals surface area contributed by atoms with Gasteiger partial charge in [0.15, 0.2) is 9.84 Å². The quantitative estimate of drug-likeness (QED) is 0.700. The summed E-state index contributed by atoms with van der Waals surface area (Å²) in [4.78, 5) is 27.6. The number of sulfone groups is 1. The summed E-state index contributed by atoms with van der Waals surface area (Å²) in [7, 11) is -3.06. The summed E-state index contributed by atoms with van der Waals surface area (Å²) in [5, 5.41) is 3.45. The van der Waals surface area contributed by atoms with E-state index < -0.39 is 21.8 Å². The van der Waals surface area contributed by atoms with Gasteiger partial charge in [0.1, 0.15) is 10.9 Å². The normalized spacial score (nSPS) is 17.4. The summed E-state index contributed by atoms with van der Waals surface area (Å²) >= 11 is 1.17. The topological polar surface area (TPSA) is 92.8 Å². The molecule has 0 aliphatic carbocycles. The summed E-state index contributed by atoms with van der Waals surface area (Å²) < 4.78 is 28.7. The molecule has 1 atom stereocenters. The van der Waals surface area contributed by atoms with E-state index >= 15 is 0 Å². The van der Waals surface area contributed by atoms with Gasteiger partial charge >= 0.3 is 5.97 Å². The molecule has 0 saturated carbocycles. The molecule has 2 heterocycles. The highest BCUT2D eigenvalue weighted by molar-refractivity contribution is 7.91. The van der Waals surface area contributed by atoms with Crippen molar-refractivity contribution < 1.29 is 22.7 Å². The van der Waals surface area contributed by atoms with E-state index in [1.165, 1.54) is 11.3 Å². The molecule has 2 aromatic rings. The Balaban J connectivity index is 1.82. The molecule has 7 nitrogen and oxygen atoms in total. The number of carbonyl (C=O) groups excluding carboxylic acids is 2. The van der Waals surface area contributed by atoms with Crippen LogP contribution in [0.5, 0.6) is 0 Å². The lowest BCUT2D eigenvalue weighted by Gasteiger charge is -2.33. The van der Waals surface area contributed by atoms with Gasteiger partial charge in [-0.2, -0.15) is 0 Å². The molecule has 1 N–H and O–H groups in total. The Labute approximate surface area is 174 Å². The van der Waals surface area contributed by atoms with Gasteiger partial charge in [-0.05, 0) is 31.0 Å². The van der Waals surface area contributed by atoms with Crippen molar-refractivity contribution in [3.63, 3.8) is 0 Å². The van der Waals surface area contributed by atoms with Crippen LogP contribution in [0.1, 0.15) is 33.8 Å². The van der Waals surface area contributed by atoms with Crippen molar-refractivity contribution >= 4 is 38.1 Å². The number of anilines is 1. The predicted octanol–water partition coefficient (Wildman–Crippen LogP) is 2.64. The molecule has 3 rings (SSSR count). The minimum Gasteiger partial charge on any atom is -0.462 e. The van der Waals surface area contributed by atoms with Crippen molar-refractivity contribution in [1.82, 2.24) is 4.90 Å². The highest BCUT2D eigenvalue weighted by atomic mass is 32.2. The molecule has 29 heavy (non-hydrogen) atoms. The van der Waals surface area contributed by atoms with Crippen LogP contribution in [0.25, 0.3) is 0 Å². The van der Waals surface area contributed by atoms with E-state index in [9.17, 15) is 18.0 Å². The van der Waals surface area contributed by atoms with Gasteiger partial charge in [0.05, 0.1) is 23.1 Å². The number of hydrogen-bond donors (Lipinski definition) is 1. The molecule has 9 heteroatoms. The first-order chi connectivity index (χ1) is 13.8. The number of aryl methyl sites for hydroxylation is 1. The monoisotopic (exact) mass is 436 g/mol. The molecule has 0 spiro atoms. The Morgan fingerprint density at radius 2 is 1.86 bits per heavy atom. The van der Waals surface area contributed by atoms with Crippen LogP contribution in [-0.2, 0) is 19.4 Å². The zero-order chi connectivity index (χ0) is 21.0. The largest absolute Gasteiger partial charge is 0.462 e. The molecule has 1 saturated heterocycles. The Morgan fingerprint density at radius 3 is 2.48 bits per heavy atom. The number of nitrogens with zero attached hydrogens (tertiary/aromatic N) is 1. The van der Waals surface area contributed by atoms with Crippen LogP contribution in [0.3, 0.4) is 0 Å². The zero-order valence-electron chi connectivity index (χ0n) is 16.4. The van der Waals surface area contributed by atoms with Crippen LogP contribution >= 0.6 is 11.3 Å². The van der Waals surface area contributed by atoms with Crippen LogP contribution in [0, 0.1) is 6.92 Å². The molecular formula is C20H24N2O5S2. The smallest absolute Gasteiger partial charge is 0.348 e. The summed E-state index contributed by atoms with van der Waals surface area (Å²) in [6.45, 7) is 4.42. The number of hydrogen-bond acceptors (Lipinski definition) is 7. The van der Waals surface area contributed by atoms with Crippen LogP contribution in [0.4, 0.5) is 5.00 Å². The number of benzene rings is 1. The highest BCUT2D eigenvalue weighted by Gasteiger charge is 2.33. The Morgan fingerprint density at radius 1 is 1.21 bits per heavy atom. The van der Waals surface area contributed by atoms with Crippen molar-refractivity contribution in [3.05, 3.63) is 52.4 Å². The van der Waals surface area contributed by atoms with E-state index in [2.05, 4.69) is 5.32 Å².